The summed E-state index contributed by atoms with van der Waals surface area (Å²) in [5.41, 5.74) is 0.499. The van der Waals surface area contributed by atoms with E-state index in [1.165, 1.54) is 11.0 Å². The van der Waals surface area contributed by atoms with E-state index in [0.29, 0.717) is 36.1 Å². The molecule has 1 saturated carbocycles. The van der Waals surface area contributed by atoms with Crippen LogP contribution in [0.25, 0.3) is 0 Å². The van der Waals surface area contributed by atoms with Crippen molar-refractivity contribution >= 4 is 41.5 Å². The average Bonchev–Trinajstić information content (AvgIpc) is 3.14. The molecule has 152 valence electrons. The molecule has 2 N–H and O–H groups in total. The second-order valence-corrected chi connectivity index (χ2v) is 7.19. The van der Waals surface area contributed by atoms with Gasteiger partial charge in [0.1, 0.15) is 5.82 Å². The van der Waals surface area contributed by atoms with Crippen LogP contribution >= 0.6 is 35.6 Å². The van der Waals surface area contributed by atoms with Crippen LogP contribution in [0, 0.1) is 5.82 Å². The summed E-state index contributed by atoms with van der Waals surface area (Å²) in [5, 5.41) is 6.77. The van der Waals surface area contributed by atoms with Gasteiger partial charge >= 0.3 is 6.18 Å². The molecule has 4 nitrogen and oxygen atoms in total. The van der Waals surface area contributed by atoms with Gasteiger partial charge in [0.05, 0.1) is 6.54 Å². The van der Waals surface area contributed by atoms with Crippen molar-refractivity contribution in [3.8, 4) is 0 Å². The first-order valence-electron chi connectivity index (χ1n) is 8.49. The number of hydrogen-bond acceptors (Lipinski definition) is 2. The molecule has 0 spiro atoms. The van der Waals surface area contributed by atoms with Crippen molar-refractivity contribution in [3.05, 3.63) is 34.6 Å². The van der Waals surface area contributed by atoms with Crippen LogP contribution in [-0.4, -0.2) is 55.8 Å². The monoisotopic (exact) mass is 520 g/mol. The molecule has 10 heteroatoms. The number of nitrogens with zero attached hydrogens (tertiary/aromatic N) is 2. The van der Waals surface area contributed by atoms with Crippen molar-refractivity contribution < 1.29 is 17.6 Å². The van der Waals surface area contributed by atoms with Crippen molar-refractivity contribution in [3.63, 3.8) is 0 Å². The lowest BCUT2D eigenvalue weighted by Crippen LogP contribution is -2.46. The Balaban J connectivity index is 0.00000261. The van der Waals surface area contributed by atoms with E-state index in [9.17, 15) is 17.6 Å². The number of nitrogens with one attached hydrogen (secondary N) is 2. The van der Waals surface area contributed by atoms with Crippen LogP contribution in [0.15, 0.2) is 23.2 Å². The fraction of sp³-hybridized carbons (Fsp3) is 0.588. The fourth-order valence-electron chi connectivity index (χ4n) is 3.43. The minimum atomic E-state index is -4.19. The molecular weight excluding hydrogens is 499 g/mol. The molecule has 1 heterocycles. The van der Waals surface area contributed by atoms with Gasteiger partial charge in [-0.1, -0.05) is 17.7 Å². The summed E-state index contributed by atoms with van der Waals surface area (Å²) in [6.45, 7) is -0.188. The molecule has 3 rings (SSSR count). The molecule has 3 unspecified atom stereocenters. The van der Waals surface area contributed by atoms with Gasteiger partial charge in [-0.25, -0.2) is 4.39 Å². The summed E-state index contributed by atoms with van der Waals surface area (Å²) >= 11 is 6.10. The highest BCUT2D eigenvalue weighted by Gasteiger charge is 2.42. The summed E-state index contributed by atoms with van der Waals surface area (Å²) in [4.78, 5) is 5.51. The van der Waals surface area contributed by atoms with Gasteiger partial charge in [0.25, 0.3) is 0 Å². The zero-order valence-corrected chi connectivity index (χ0v) is 17.8. The Morgan fingerprint density at radius 2 is 2.07 bits per heavy atom. The van der Waals surface area contributed by atoms with Gasteiger partial charge in [-0.3, -0.25) is 9.89 Å². The molecule has 1 saturated heterocycles. The molecule has 27 heavy (non-hydrogen) atoms. The lowest BCUT2D eigenvalue weighted by molar-refractivity contribution is -0.143. The normalized spacial score (nSPS) is 25.9. The van der Waals surface area contributed by atoms with E-state index in [2.05, 4.69) is 15.6 Å². The minimum Gasteiger partial charge on any atom is -0.353 e. The molecule has 1 aromatic carbocycles. The topological polar surface area (TPSA) is 39.7 Å². The first-order chi connectivity index (χ1) is 12.3. The van der Waals surface area contributed by atoms with Gasteiger partial charge in [-0.15, -0.1) is 24.0 Å². The molecule has 0 radical (unpaired) electrons. The van der Waals surface area contributed by atoms with E-state index in [4.69, 9.17) is 11.6 Å². The minimum absolute atomic E-state index is 0. The van der Waals surface area contributed by atoms with Crippen molar-refractivity contribution in [2.24, 2.45) is 4.99 Å². The van der Waals surface area contributed by atoms with Crippen LogP contribution < -0.4 is 10.6 Å². The van der Waals surface area contributed by atoms with E-state index in [1.807, 2.05) is 0 Å². The number of alkyl halides is 3. The van der Waals surface area contributed by atoms with E-state index < -0.39 is 12.7 Å². The van der Waals surface area contributed by atoms with Gasteiger partial charge in [0.2, 0.25) is 0 Å². The summed E-state index contributed by atoms with van der Waals surface area (Å²) in [7, 11) is 1.60. The third-order valence-corrected chi connectivity index (χ3v) is 5.05. The molecule has 2 aliphatic rings. The van der Waals surface area contributed by atoms with Crippen LogP contribution in [0.3, 0.4) is 0 Å². The van der Waals surface area contributed by atoms with E-state index >= 15 is 0 Å². The van der Waals surface area contributed by atoms with Gasteiger partial charge < -0.3 is 10.6 Å². The number of benzene rings is 1. The fourth-order valence-corrected chi connectivity index (χ4v) is 3.73. The van der Waals surface area contributed by atoms with Crippen LogP contribution in [0.1, 0.15) is 24.3 Å². The lowest BCUT2D eigenvalue weighted by atomic mass is 10.1. The van der Waals surface area contributed by atoms with Crippen molar-refractivity contribution in [1.82, 2.24) is 15.5 Å². The van der Waals surface area contributed by atoms with Crippen LogP contribution in [-0.2, 0) is 0 Å². The quantitative estimate of drug-likeness (QED) is 0.275. The average molecular weight is 521 g/mol. The number of guanidine groups is 1. The third-order valence-electron chi connectivity index (χ3n) is 4.72. The molecular formula is C17H22ClF4IN4. The number of likely N-dealkylation sites (tertiary alicyclic amines) is 1. The van der Waals surface area contributed by atoms with Gasteiger partial charge in [-0.05, 0) is 25.0 Å². The largest absolute Gasteiger partial charge is 0.401 e. The number of halogens is 6. The number of hydrogen-bond donors (Lipinski definition) is 2. The summed E-state index contributed by atoms with van der Waals surface area (Å²) in [5.74, 6) is 0.157. The summed E-state index contributed by atoms with van der Waals surface area (Å²) < 4.78 is 51.4. The maximum Gasteiger partial charge on any atom is 0.401 e. The SMILES string of the molecule is CN=C(NC1CCN(CC(F)(F)F)C1)NC1CC1c1c(F)cccc1Cl.I. The van der Waals surface area contributed by atoms with Crippen LogP contribution in [0.2, 0.25) is 5.02 Å². The third kappa shape index (κ3) is 6.08. The molecule has 0 amide bonds. The van der Waals surface area contributed by atoms with E-state index in [1.54, 1.807) is 19.2 Å². The predicted octanol–water partition coefficient (Wildman–Crippen LogP) is 3.75. The van der Waals surface area contributed by atoms with Crippen LogP contribution in [0.5, 0.6) is 0 Å². The zero-order chi connectivity index (χ0) is 18.9. The number of rotatable bonds is 4. The second kappa shape index (κ2) is 9.13. The smallest absolute Gasteiger partial charge is 0.353 e. The van der Waals surface area contributed by atoms with Crippen molar-refractivity contribution in [2.45, 2.75) is 37.0 Å². The Hall–Kier alpha value is -0.810. The maximum absolute atomic E-state index is 14.0. The molecule has 2 fully saturated rings. The van der Waals surface area contributed by atoms with Gasteiger partial charge in [0, 0.05) is 48.7 Å². The van der Waals surface area contributed by atoms with E-state index in [0.717, 1.165) is 6.42 Å². The van der Waals surface area contributed by atoms with Crippen LogP contribution in [0.4, 0.5) is 17.6 Å². The molecule has 0 bridgehead atoms. The highest BCUT2D eigenvalue weighted by atomic mass is 127. The van der Waals surface area contributed by atoms with Gasteiger partial charge in [-0.2, -0.15) is 13.2 Å². The maximum atomic E-state index is 14.0. The summed E-state index contributed by atoms with van der Waals surface area (Å²) in [6, 6.07) is 4.52. The summed E-state index contributed by atoms with van der Waals surface area (Å²) in [6.07, 6.45) is -2.84. The van der Waals surface area contributed by atoms with Crippen molar-refractivity contribution in [2.75, 3.05) is 26.7 Å². The molecule has 0 aromatic heterocycles. The first-order valence-corrected chi connectivity index (χ1v) is 8.87. The molecule has 1 aromatic rings. The highest BCUT2D eigenvalue weighted by Crippen LogP contribution is 2.44. The van der Waals surface area contributed by atoms with Gasteiger partial charge in [0.15, 0.2) is 5.96 Å². The Morgan fingerprint density at radius 1 is 1.33 bits per heavy atom. The number of aliphatic imine (C=N–C) groups is 1. The lowest BCUT2D eigenvalue weighted by Gasteiger charge is -2.20. The molecule has 1 aliphatic carbocycles. The first kappa shape index (κ1) is 22.5. The zero-order valence-electron chi connectivity index (χ0n) is 14.7. The standard InChI is InChI=1S/C17H21ClF4N4.HI/c1-23-16(24-10-5-6-26(8-10)9-17(20,21)22)25-14-7-11(14)15-12(18)3-2-4-13(15)19;/h2-4,10-11,14H,5-9H2,1H3,(H2,23,24,25);1H. The van der Waals surface area contributed by atoms with E-state index in [-0.39, 0.29) is 47.8 Å². The Morgan fingerprint density at radius 3 is 2.70 bits per heavy atom. The second-order valence-electron chi connectivity index (χ2n) is 6.78. The Kier molecular flexibility index (Phi) is 7.60. The predicted molar refractivity (Wildman–Crippen MR) is 109 cm³/mol. The molecule has 3 atom stereocenters. The Labute approximate surface area is 177 Å². The molecule has 1 aliphatic heterocycles. The Bertz CT molecular complexity index is 665. The van der Waals surface area contributed by atoms with Crippen molar-refractivity contribution in [1.29, 1.82) is 0 Å². The highest BCUT2D eigenvalue weighted by molar-refractivity contribution is 14.0.